The van der Waals surface area contributed by atoms with Gasteiger partial charge in [-0.05, 0) is 23.8 Å². The summed E-state index contributed by atoms with van der Waals surface area (Å²) in [7, 11) is 0. The van der Waals surface area contributed by atoms with Crippen molar-refractivity contribution in [2.45, 2.75) is 6.42 Å². The maximum atomic E-state index is 13.3. The summed E-state index contributed by atoms with van der Waals surface area (Å²) in [5.74, 6) is -2.12. The lowest BCUT2D eigenvalue weighted by Gasteiger charge is -1.99. The predicted molar refractivity (Wildman–Crippen MR) is 65.9 cm³/mol. The van der Waals surface area contributed by atoms with Gasteiger partial charge in [0.25, 0.3) is 0 Å². The molecule has 4 nitrogen and oxygen atoms in total. The third-order valence-corrected chi connectivity index (χ3v) is 2.05. The second-order valence-corrected chi connectivity index (χ2v) is 3.53. The number of carboxylic acid groups (broad SMARTS) is 1. The molecule has 18 heavy (non-hydrogen) atoms. The molecule has 3 N–H and O–H groups in total. The molecule has 1 aromatic rings. The minimum atomic E-state index is -1.15. The van der Waals surface area contributed by atoms with Gasteiger partial charge < -0.3 is 10.8 Å². The summed E-state index contributed by atoms with van der Waals surface area (Å²) in [6, 6.07) is 4.22. The fourth-order valence-corrected chi connectivity index (χ4v) is 1.27. The topological polar surface area (TPSA) is 80.4 Å². The van der Waals surface area contributed by atoms with Gasteiger partial charge in [0.15, 0.2) is 0 Å². The Kier molecular flexibility index (Phi) is 4.80. The van der Waals surface area contributed by atoms with E-state index in [0.717, 1.165) is 6.08 Å². The van der Waals surface area contributed by atoms with E-state index in [1.807, 2.05) is 0 Å². The lowest BCUT2D eigenvalue weighted by molar-refractivity contribution is -0.131. The molecule has 0 heterocycles. The number of carbonyl (C=O) groups is 2. The Hall–Kier alpha value is -2.43. The molecule has 1 rings (SSSR count). The number of hydrogen-bond donors (Lipinski definition) is 2. The van der Waals surface area contributed by atoms with Gasteiger partial charge in [-0.25, -0.2) is 9.18 Å². The van der Waals surface area contributed by atoms with E-state index in [2.05, 4.69) is 0 Å². The van der Waals surface area contributed by atoms with E-state index < -0.39 is 17.7 Å². The molecule has 0 aliphatic heterocycles. The zero-order valence-electron chi connectivity index (χ0n) is 9.47. The summed E-state index contributed by atoms with van der Waals surface area (Å²) in [5, 5.41) is 8.46. The third-order valence-electron chi connectivity index (χ3n) is 2.05. The number of primary amides is 1. The average Bonchev–Trinajstić information content (AvgIpc) is 2.29. The Morgan fingerprint density at radius 1 is 1.33 bits per heavy atom. The summed E-state index contributed by atoms with van der Waals surface area (Å²) >= 11 is 0. The SMILES string of the molecule is NC(=O)CC=Cc1ccc(F)c(/C=C/C(=O)O)c1. The quantitative estimate of drug-likeness (QED) is 0.781. The van der Waals surface area contributed by atoms with Crippen LogP contribution in [0.2, 0.25) is 0 Å². The van der Waals surface area contributed by atoms with Crippen LogP contribution >= 0.6 is 0 Å². The van der Waals surface area contributed by atoms with Crippen LogP contribution in [0.3, 0.4) is 0 Å². The molecule has 94 valence electrons. The highest BCUT2D eigenvalue weighted by Crippen LogP contribution is 2.13. The number of amides is 1. The van der Waals surface area contributed by atoms with E-state index in [4.69, 9.17) is 10.8 Å². The zero-order chi connectivity index (χ0) is 13.5. The lowest BCUT2D eigenvalue weighted by Crippen LogP contribution is -2.07. The van der Waals surface area contributed by atoms with Gasteiger partial charge in [0.2, 0.25) is 5.91 Å². The molecule has 1 aromatic carbocycles. The highest BCUT2D eigenvalue weighted by Gasteiger charge is 2.00. The van der Waals surface area contributed by atoms with Crippen molar-refractivity contribution in [1.29, 1.82) is 0 Å². The smallest absolute Gasteiger partial charge is 0.328 e. The maximum Gasteiger partial charge on any atom is 0.328 e. The van der Waals surface area contributed by atoms with Gasteiger partial charge in [-0.15, -0.1) is 0 Å². The molecule has 0 fully saturated rings. The number of carboxylic acids is 1. The van der Waals surface area contributed by atoms with Crippen molar-refractivity contribution in [2.24, 2.45) is 5.73 Å². The second-order valence-electron chi connectivity index (χ2n) is 3.53. The van der Waals surface area contributed by atoms with Crippen molar-refractivity contribution in [3.05, 3.63) is 47.3 Å². The van der Waals surface area contributed by atoms with Crippen LogP contribution in [0.5, 0.6) is 0 Å². The van der Waals surface area contributed by atoms with Crippen LogP contribution in [0.1, 0.15) is 17.5 Å². The van der Waals surface area contributed by atoms with Gasteiger partial charge in [0.1, 0.15) is 5.82 Å². The Bertz CT molecular complexity index is 521. The van der Waals surface area contributed by atoms with Crippen molar-refractivity contribution < 1.29 is 19.1 Å². The molecule has 0 spiro atoms. The number of rotatable bonds is 5. The fraction of sp³-hybridized carbons (Fsp3) is 0.0769. The molecular formula is C13H12FNO3. The van der Waals surface area contributed by atoms with Gasteiger partial charge in [-0.2, -0.15) is 0 Å². The molecular weight excluding hydrogens is 237 g/mol. The highest BCUT2D eigenvalue weighted by molar-refractivity contribution is 5.85. The van der Waals surface area contributed by atoms with Crippen LogP contribution in [-0.2, 0) is 9.59 Å². The first-order valence-electron chi connectivity index (χ1n) is 5.14. The number of benzene rings is 1. The van der Waals surface area contributed by atoms with E-state index >= 15 is 0 Å². The van der Waals surface area contributed by atoms with Crippen molar-refractivity contribution in [1.82, 2.24) is 0 Å². The standard InChI is InChI=1S/C13H12FNO3/c14-11-6-4-9(2-1-3-12(15)16)8-10(11)5-7-13(17)18/h1-2,4-8H,3H2,(H2,15,16)(H,17,18)/b2-1?,7-5+. The molecule has 0 aliphatic carbocycles. The highest BCUT2D eigenvalue weighted by atomic mass is 19.1. The summed E-state index contributed by atoms with van der Waals surface area (Å²) in [6.45, 7) is 0. The Labute approximate surface area is 103 Å². The van der Waals surface area contributed by atoms with Crippen LogP contribution in [-0.4, -0.2) is 17.0 Å². The summed E-state index contributed by atoms with van der Waals surface area (Å²) < 4.78 is 13.3. The van der Waals surface area contributed by atoms with Crippen molar-refractivity contribution >= 4 is 24.0 Å². The van der Waals surface area contributed by atoms with Crippen LogP contribution < -0.4 is 5.73 Å². The average molecular weight is 249 g/mol. The molecule has 0 atom stereocenters. The lowest BCUT2D eigenvalue weighted by atomic mass is 10.1. The van der Waals surface area contributed by atoms with Crippen LogP contribution in [0.15, 0.2) is 30.4 Å². The summed E-state index contributed by atoms with van der Waals surface area (Å²) in [5.41, 5.74) is 5.79. The molecule has 1 amide bonds. The van der Waals surface area contributed by atoms with Gasteiger partial charge in [-0.3, -0.25) is 4.79 Å². The minimum Gasteiger partial charge on any atom is -0.478 e. The van der Waals surface area contributed by atoms with Gasteiger partial charge >= 0.3 is 5.97 Å². The van der Waals surface area contributed by atoms with E-state index in [0.29, 0.717) is 5.56 Å². The van der Waals surface area contributed by atoms with Crippen LogP contribution in [0, 0.1) is 5.82 Å². The number of carbonyl (C=O) groups excluding carboxylic acids is 1. The van der Waals surface area contributed by atoms with E-state index in [1.54, 1.807) is 12.2 Å². The van der Waals surface area contributed by atoms with Gasteiger partial charge in [0, 0.05) is 18.1 Å². The molecule has 5 heteroatoms. The largest absolute Gasteiger partial charge is 0.478 e. The van der Waals surface area contributed by atoms with E-state index in [1.165, 1.54) is 24.3 Å². The Morgan fingerprint density at radius 3 is 2.67 bits per heavy atom. The monoisotopic (exact) mass is 249 g/mol. The number of halogens is 1. The van der Waals surface area contributed by atoms with Gasteiger partial charge in [-0.1, -0.05) is 18.2 Å². The molecule has 0 unspecified atom stereocenters. The summed E-state index contributed by atoms with van der Waals surface area (Å²) in [4.78, 5) is 20.9. The number of aliphatic carboxylic acids is 1. The van der Waals surface area contributed by atoms with E-state index in [-0.39, 0.29) is 12.0 Å². The van der Waals surface area contributed by atoms with E-state index in [9.17, 15) is 14.0 Å². The van der Waals surface area contributed by atoms with Crippen molar-refractivity contribution in [2.75, 3.05) is 0 Å². The third kappa shape index (κ3) is 4.61. The van der Waals surface area contributed by atoms with Crippen LogP contribution in [0.4, 0.5) is 4.39 Å². The maximum absolute atomic E-state index is 13.3. The van der Waals surface area contributed by atoms with Crippen molar-refractivity contribution in [3.8, 4) is 0 Å². The van der Waals surface area contributed by atoms with Gasteiger partial charge in [0.05, 0.1) is 0 Å². The van der Waals surface area contributed by atoms with Crippen molar-refractivity contribution in [3.63, 3.8) is 0 Å². The molecule has 0 saturated heterocycles. The normalized spacial score (nSPS) is 11.2. The first-order valence-corrected chi connectivity index (χ1v) is 5.14. The molecule has 0 saturated carbocycles. The zero-order valence-corrected chi connectivity index (χ0v) is 9.47. The van der Waals surface area contributed by atoms with Crippen LogP contribution in [0.25, 0.3) is 12.2 Å². The second kappa shape index (κ2) is 6.34. The predicted octanol–water partition coefficient (Wildman–Crippen LogP) is 1.81. The number of hydrogen-bond acceptors (Lipinski definition) is 2. The Balaban J connectivity index is 2.90. The first-order chi connectivity index (χ1) is 8.49. The Morgan fingerprint density at radius 2 is 2.06 bits per heavy atom. The number of nitrogens with two attached hydrogens (primary N) is 1. The summed E-state index contributed by atoms with van der Waals surface area (Å²) in [6.07, 6.45) is 5.29. The molecule has 0 aromatic heterocycles. The first kappa shape index (κ1) is 13.6. The molecule has 0 radical (unpaired) electrons. The fourth-order valence-electron chi connectivity index (χ4n) is 1.27. The molecule has 0 aliphatic rings. The molecule has 0 bridgehead atoms. The minimum absolute atomic E-state index is 0.0949.